The fraction of sp³-hybridized carbons (Fsp3) is 0.400. The van der Waals surface area contributed by atoms with E-state index in [4.69, 9.17) is 14.5 Å². The zero-order valence-electron chi connectivity index (χ0n) is 16.8. The summed E-state index contributed by atoms with van der Waals surface area (Å²) in [5.41, 5.74) is 1.44. The van der Waals surface area contributed by atoms with E-state index in [2.05, 4.69) is 25.0 Å². The number of hydrogen-bond acceptors (Lipinski definition) is 10. The molecule has 11 heteroatoms. The van der Waals surface area contributed by atoms with Crippen molar-refractivity contribution in [3.05, 3.63) is 40.6 Å². The van der Waals surface area contributed by atoms with E-state index in [1.807, 2.05) is 0 Å². The number of morpholine rings is 2. The van der Waals surface area contributed by atoms with E-state index in [1.165, 1.54) is 12.1 Å². The first-order chi connectivity index (χ1) is 15.2. The van der Waals surface area contributed by atoms with E-state index >= 15 is 0 Å². The molecule has 2 aliphatic heterocycles. The lowest BCUT2D eigenvalue weighted by molar-refractivity contribution is -0.384. The molecule has 0 bridgehead atoms. The van der Waals surface area contributed by atoms with Gasteiger partial charge in [-0.3, -0.25) is 10.1 Å². The highest BCUT2D eigenvalue weighted by Crippen LogP contribution is 2.31. The summed E-state index contributed by atoms with van der Waals surface area (Å²) in [7, 11) is 0. The summed E-state index contributed by atoms with van der Waals surface area (Å²) < 4.78 is 10.9. The third-order valence-corrected chi connectivity index (χ3v) is 5.44. The molecule has 0 saturated carbocycles. The molecule has 2 saturated heterocycles. The minimum absolute atomic E-state index is 0.0269. The fourth-order valence-electron chi connectivity index (χ4n) is 3.78. The quantitative estimate of drug-likeness (QED) is 0.453. The third-order valence-electron chi connectivity index (χ3n) is 5.44. The monoisotopic (exact) mass is 423 g/mol. The number of nitro benzene ring substituents is 1. The average Bonchev–Trinajstić information content (AvgIpc) is 2.84. The summed E-state index contributed by atoms with van der Waals surface area (Å²) in [6.07, 6.45) is 1.77. The lowest BCUT2D eigenvalue weighted by Gasteiger charge is -2.30. The number of non-ortho nitro benzene ring substituents is 1. The van der Waals surface area contributed by atoms with Gasteiger partial charge in [-0.15, -0.1) is 10.2 Å². The standard InChI is InChI=1S/C20H21N7O4/c28-27(29)15-3-1-14(2-4-15)18-21-13-16-17(22-18)20(26-7-11-31-12-8-26)24-23-19(16)25-5-9-30-10-6-25/h1-4,13H,5-12H2. The lowest BCUT2D eigenvalue weighted by Crippen LogP contribution is -2.38. The topological polar surface area (TPSA) is 120 Å². The Morgan fingerprint density at radius 2 is 1.45 bits per heavy atom. The van der Waals surface area contributed by atoms with Crippen molar-refractivity contribution in [2.24, 2.45) is 0 Å². The molecule has 31 heavy (non-hydrogen) atoms. The summed E-state index contributed by atoms with van der Waals surface area (Å²) in [6, 6.07) is 6.22. The zero-order valence-corrected chi connectivity index (χ0v) is 16.8. The Hall–Kier alpha value is -3.44. The number of nitrogens with zero attached hydrogens (tertiary/aromatic N) is 7. The zero-order chi connectivity index (χ0) is 21.2. The number of aromatic nitrogens is 4. The molecule has 0 amide bonds. The van der Waals surface area contributed by atoms with Crippen LogP contribution in [-0.4, -0.2) is 77.7 Å². The van der Waals surface area contributed by atoms with Crippen LogP contribution in [0, 0.1) is 10.1 Å². The van der Waals surface area contributed by atoms with Crippen molar-refractivity contribution < 1.29 is 14.4 Å². The van der Waals surface area contributed by atoms with Gasteiger partial charge in [0.15, 0.2) is 17.5 Å². The second-order valence-corrected chi connectivity index (χ2v) is 7.31. The maximum atomic E-state index is 11.0. The summed E-state index contributed by atoms with van der Waals surface area (Å²) in [5, 5.41) is 20.8. The summed E-state index contributed by atoms with van der Waals surface area (Å²) >= 11 is 0. The largest absolute Gasteiger partial charge is 0.378 e. The minimum Gasteiger partial charge on any atom is -0.378 e. The Morgan fingerprint density at radius 3 is 2.06 bits per heavy atom. The van der Waals surface area contributed by atoms with Gasteiger partial charge in [-0.25, -0.2) is 9.97 Å². The van der Waals surface area contributed by atoms with Crippen molar-refractivity contribution in [1.82, 2.24) is 20.2 Å². The van der Waals surface area contributed by atoms with E-state index in [0.29, 0.717) is 62.2 Å². The van der Waals surface area contributed by atoms with Crippen LogP contribution in [-0.2, 0) is 9.47 Å². The fourth-order valence-corrected chi connectivity index (χ4v) is 3.78. The molecule has 5 rings (SSSR count). The van der Waals surface area contributed by atoms with Crippen molar-refractivity contribution in [3.8, 4) is 11.4 Å². The predicted octanol–water partition coefficient (Wildman–Crippen LogP) is 1.67. The first-order valence-electron chi connectivity index (χ1n) is 10.1. The number of rotatable bonds is 4. The summed E-state index contributed by atoms with van der Waals surface area (Å²) in [6.45, 7) is 5.38. The van der Waals surface area contributed by atoms with Crippen molar-refractivity contribution in [2.75, 3.05) is 62.4 Å². The maximum absolute atomic E-state index is 11.0. The van der Waals surface area contributed by atoms with Gasteiger partial charge < -0.3 is 19.3 Å². The average molecular weight is 423 g/mol. The van der Waals surface area contributed by atoms with Crippen LogP contribution >= 0.6 is 0 Å². The number of nitro groups is 1. The van der Waals surface area contributed by atoms with Crippen LogP contribution in [0.15, 0.2) is 30.5 Å². The molecule has 0 aliphatic carbocycles. The molecular weight excluding hydrogens is 402 g/mol. The molecule has 160 valence electrons. The van der Waals surface area contributed by atoms with E-state index < -0.39 is 4.92 Å². The van der Waals surface area contributed by atoms with Gasteiger partial charge >= 0.3 is 0 Å². The van der Waals surface area contributed by atoms with Gasteiger partial charge in [0.1, 0.15) is 5.52 Å². The normalized spacial score (nSPS) is 17.2. The molecule has 4 heterocycles. The molecule has 0 atom stereocenters. The molecule has 1 aromatic carbocycles. The van der Waals surface area contributed by atoms with Crippen LogP contribution in [0.4, 0.5) is 17.3 Å². The number of benzene rings is 1. The first-order valence-corrected chi connectivity index (χ1v) is 10.1. The van der Waals surface area contributed by atoms with Gasteiger partial charge in [-0.1, -0.05) is 0 Å². The SMILES string of the molecule is O=[N+]([O-])c1ccc(-c2ncc3c(N4CCOCC4)nnc(N4CCOCC4)c3n2)cc1. The highest BCUT2D eigenvalue weighted by Gasteiger charge is 2.23. The Kier molecular flexibility index (Phi) is 5.26. The Bertz CT molecular complexity index is 1100. The molecule has 2 aliphatic rings. The smallest absolute Gasteiger partial charge is 0.269 e. The molecule has 0 spiro atoms. The Labute approximate surface area is 177 Å². The third kappa shape index (κ3) is 3.84. The van der Waals surface area contributed by atoms with E-state index in [1.54, 1.807) is 18.3 Å². The second kappa shape index (κ2) is 8.36. The Morgan fingerprint density at radius 1 is 0.871 bits per heavy atom. The highest BCUT2D eigenvalue weighted by atomic mass is 16.6. The summed E-state index contributed by atoms with van der Waals surface area (Å²) in [4.78, 5) is 24.2. The van der Waals surface area contributed by atoms with Crippen molar-refractivity contribution in [2.45, 2.75) is 0 Å². The van der Waals surface area contributed by atoms with Gasteiger partial charge in [0.25, 0.3) is 5.69 Å². The second-order valence-electron chi connectivity index (χ2n) is 7.31. The van der Waals surface area contributed by atoms with E-state index in [0.717, 1.165) is 24.3 Å². The predicted molar refractivity (Wildman–Crippen MR) is 113 cm³/mol. The number of fused-ring (bicyclic) bond motifs is 1. The summed E-state index contributed by atoms with van der Waals surface area (Å²) in [5.74, 6) is 1.92. The maximum Gasteiger partial charge on any atom is 0.269 e. The molecule has 2 aromatic heterocycles. The highest BCUT2D eigenvalue weighted by molar-refractivity contribution is 5.96. The van der Waals surface area contributed by atoms with Crippen LogP contribution in [0.2, 0.25) is 0 Å². The lowest BCUT2D eigenvalue weighted by atomic mass is 10.2. The van der Waals surface area contributed by atoms with Crippen LogP contribution in [0.1, 0.15) is 0 Å². The van der Waals surface area contributed by atoms with Crippen LogP contribution in [0.25, 0.3) is 22.3 Å². The van der Waals surface area contributed by atoms with Crippen molar-refractivity contribution in [3.63, 3.8) is 0 Å². The van der Waals surface area contributed by atoms with Crippen molar-refractivity contribution >= 4 is 28.2 Å². The molecule has 0 N–H and O–H groups in total. The van der Waals surface area contributed by atoms with Crippen molar-refractivity contribution in [1.29, 1.82) is 0 Å². The van der Waals surface area contributed by atoms with E-state index in [9.17, 15) is 10.1 Å². The van der Waals surface area contributed by atoms with Crippen LogP contribution in [0.3, 0.4) is 0 Å². The van der Waals surface area contributed by atoms with Gasteiger partial charge in [0.2, 0.25) is 0 Å². The van der Waals surface area contributed by atoms with Gasteiger partial charge in [0, 0.05) is 50.1 Å². The molecular formula is C20H21N7O4. The van der Waals surface area contributed by atoms with Gasteiger partial charge in [-0.05, 0) is 12.1 Å². The minimum atomic E-state index is -0.425. The molecule has 2 fully saturated rings. The number of hydrogen-bond donors (Lipinski definition) is 0. The van der Waals surface area contributed by atoms with Crippen LogP contribution < -0.4 is 9.80 Å². The number of anilines is 2. The molecule has 0 unspecified atom stereocenters. The molecule has 11 nitrogen and oxygen atoms in total. The molecule has 0 radical (unpaired) electrons. The van der Waals surface area contributed by atoms with Crippen LogP contribution in [0.5, 0.6) is 0 Å². The number of ether oxygens (including phenoxy) is 2. The first kappa shape index (κ1) is 19.5. The Balaban J connectivity index is 1.61. The van der Waals surface area contributed by atoms with Gasteiger partial charge in [-0.2, -0.15) is 0 Å². The van der Waals surface area contributed by atoms with E-state index in [-0.39, 0.29) is 5.69 Å². The van der Waals surface area contributed by atoms with Gasteiger partial charge in [0.05, 0.1) is 36.7 Å². The molecule has 3 aromatic rings.